The molecule has 1 aliphatic rings. The Labute approximate surface area is 213 Å². The predicted molar refractivity (Wildman–Crippen MR) is 139 cm³/mol. The van der Waals surface area contributed by atoms with Crippen molar-refractivity contribution in [3.63, 3.8) is 0 Å². The maximum Gasteiger partial charge on any atom is 0.408 e. The van der Waals surface area contributed by atoms with Crippen LogP contribution in [0.3, 0.4) is 0 Å². The average molecular weight is 496 g/mol. The van der Waals surface area contributed by atoms with Crippen molar-refractivity contribution >= 4 is 23.6 Å². The Hall–Kier alpha value is -3.55. The van der Waals surface area contributed by atoms with Gasteiger partial charge >= 0.3 is 6.09 Å². The highest BCUT2D eigenvalue weighted by molar-refractivity contribution is 5.98. The monoisotopic (exact) mass is 495 g/mol. The van der Waals surface area contributed by atoms with E-state index >= 15 is 0 Å². The van der Waals surface area contributed by atoms with E-state index < -0.39 is 17.7 Å². The van der Waals surface area contributed by atoms with Crippen LogP contribution in [0.15, 0.2) is 42.5 Å². The summed E-state index contributed by atoms with van der Waals surface area (Å²) in [5, 5.41) is 5.51. The maximum atomic E-state index is 13.7. The van der Waals surface area contributed by atoms with Crippen molar-refractivity contribution in [2.75, 3.05) is 19.0 Å². The number of alkyl carbamates (subject to hydrolysis) is 1. The van der Waals surface area contributed by atoms with E-state index in [-0.39, 0.29) is 24.4 Å². The average Bonchev–Trinajstić information content (AvgIpc) is 2.77. The van der Waals surface area contributed by atoms with E-state index in [0.29, 0.717) is 11.4 Å². The molecule has 2 N–H and O–H groups in total. The number of nitrogens with zero attached hydrogens (tertiary/aromatic N) is 1. The Kier molecular flexibility index (Phi) is 8.61. The predicted octanol–water partition coefficient (Wildman–Crippen LogP) is 4.90. The van der Waals surface area contributed by atoms with Crippen LogP contribution >= 0.6 is 0 Å². The van der Waals surface area contributed by atoms with E-state index in [1.807, 2.05) is 32.0 Å². The molecule has 0 aromatic heterocycles. The summed E-state index contributed by atoms with van der Waals surface area (Å²) in [6, 6.07) is 11.9. The summed E-state index contributed by atoms with van der Waals surface area (Å²) in [7, 11) is 1.58. The van der Waals surface area contributed by atoms with E-state index in [0.717, 1.165) is 36.0 Å². The highest BCUT2D eigenvalue weighted by Crippen LogP contribution is 2.34. The van der Waals surface area contributed by atoms with Gasteiger partial charge in [-0.3, -0.25) is 9.59 Å². The summed E-state index contributed by atoms with van der Waals surface area (Å²) in [4.78, 5) is 41.1. The second-order valence-corrected chi connectivity index (χ2v) is 10.2. The van der Waals surface area contributed by atoms with Crippen molar-refractivity contribution in [3.8, 4) is 5.75 Å². The third-order valence-electron chi connectivity index (χ3n) is 6.27. The Morgan fingerprint density at radius 3 is 2.22 bits per heavy atom. The van der Waals surface area contributed by atoms with Crippen molar-refractivity contribution in [1.29, 1.82) is 0 Å². The molecule has 3 rings (SSSR count). The molecule has 1 saturated carbocycles. The summed E-state index contributed by atoms with van der Waals surface area (Å²) < 4.78 is 10.5. The Bertz CT molecular complexity index is 1090. The van der Waals surface area contributed by atoms with Gasteiger partial charge in [0, 0.05) is 11.7 Å². The molecule has 36 heavy (non-hydrogen) atoms. The molecule has 1 aliphatic carbocycles. The minimum atomic E-state index is -0.857. The third kappa shape index (κ3) is 6.99. The first kappa shape index (κ1) is 27.0. The molecular formula is C28H37N3O5. The first-order valence-corrected chi connectivity index (χ1v) is 12.3. The fourth-order valence-corrected chi connectivity index (χ4v) is 4.03. The number of benzene rings is 2. The van der Waals surface area contributed by atoms with Gasteiger partial charge in [-0.25, -0.2) is 4.79 Å². The van der Waals surface area contributed by atoms with E-state index in [4.69, 9.17) is 9.47 Å². The molecule has 8 nitrogen and oxygen atoms in total. The number of hydrogen-bond donors (Lipinski definition) is 2. The Balaban J connectivity index is 1.90. The summed E-state index contributed by atoms with van der Waals surface area (Å²) in [6.07, 6.45) is 1.91. The zero-order valence-electron chi connectivity index (χ0n) is 22.0. The number of ether oxygens (including phenoxy) is 2. The van der Waals surface area contributed by atoms with Crippen molar-refractivity contribution in [2.45, 2.75) is 71.6 Å². The van der Waals surface area contributed by atoms with E-state index in [2.05, 4.69) is 10.6 Å². The van der Waals surface area contributed by atoms with Gasteiger partial charge in [-0.15, -0.1) is 0 Å². The zero-order chi connectivity index (χ0) is 26.5. The standard InChI is InChI=1S/C28H37N3O5/c1-18-10-11-20(16-19(18)2)25(26(33)30-21-12-14-23(35-6)15-13-21)31(22-8-7-9-22)24(32)17-29-27(34)36-28(3,4)5/h10-16,22,25H,7-9,17H2,1-6H3,(H,29,34)(H,30,33). The fraction of sp³-hybridized carbons (Fsp3) is 0.464. The molecule has 1 fully saturated rings. The SMILES string of the molecule is COc1ccc(NC(=O)C(c2ccc(C)c(C)c2)N(C(=O)CNC(=O)OC(C)(C)C)C2CCC2)cc1. The molecule has 0 saturated heterocycles. The molecule has 8 heteroatoms. The molecule has 2 aromatic rings. The smallest absolute Gasteiger partial charge is 0.408 e. The van der Waals surface area contributed by atoms with Gasteiger partial charge in [0.25, 0.3) is 5.91 Å². The van der Waals surface area contributed by atoms with Gasteiger partial charge in [0.2, 0.25) is 5.91 Å². The van der Waals surface area contributed by atoms with Crippen LogP contribution in [0.4, 0.5) is 10.5 Å². The van der Waals surface area contributed by atoms with Crippen molar-refractivity contribution in [2.24, 2.45) is 0 Å². The number of anilines is 1. The molecule has 0 spiro atoms. The maximum absolute atomic E-state index is 13.7. The largest absolute Gasteiger partial charge is 0.497 e. The lowest BCUT2D eigenvalue weighted by atomic mass is 9.88. The van der Waals surface area contributed by atoms with Gasteiger partial charge in [-0.2, -0.15) is 0 Å². The van der Waals surface area contributed by atoms with Crippen LogP contribution in [-0.2, 0) is 14.3 Å². The number of hydrogen-bond acceptors (Lipinski definition) is 5. The summed E-state index contributed by atoms with van der Waals surface area (Å²) in [6.45, 7) is 9.00. The van der Waals surface area contributed by atoms with Crippen LogP contribution in [0, 0.1) is 13.8 Å². The van der Waals surface area contributed by atoms with Gasteiger partial charge in [-0.1, -0.05) is 18.2 Å². The molecule has 3 amide bonds. The molecule has 0 aliphatic heterocycles. The number of carbonyl (C=O) groups excluding carboxylic acids is 3. The number of rotatable bonds is 8. The van der Waals surface area contributed by atoms with Gasteiger partial charge in [0.1, 0.15) is 23.9 Å². The third-order valence-corrected chi connectivity index (χ3v) is 6.27. The number of amides is 3. The van der Waals surface area contributed by atoms with Crippen molar-refractivity contribution in [1.82, 2.24) is 10.2 Å². The zero-order valence-corrected chi connectivity index (χ0v) is 22.0. The van der Waals surface area contributed by atoms with Gasteiger partial charge < -0.3 is 25.0 Å². The molecule has 2 aromatic carbocycles. The normalized spacial score (nSPS) is 14.3. The van der Waals surface area contributed by atoms with Gasteiger partial charge in [0.05, 0.1) is 7.11 Å². The van der Waals surface area contributed by atoms with Crippen LogP contribution in [0.1, 0.15) is 62.8 Å². The molecule has 0 heterocycles. The van der Waals surface area contributed by atoms with E-state index in [9.17, 15) is 14.4 Å². The van der Waals surface area contributed by atoms with Crippen LogP contribution in [0.5, 0.6) is 5.75 Å². The van der Waals surface area contributed by atoms with Crippen LogP contribution < -0.4 is 15.4 Å². The number of aryl methyl sites for hydroxylation is 2. The van der Waals surface area contributed by atoms with Crippen molar-refractivity contribution < 1.29 is 23.9 Å². The topological polar surface area (TPSA) is 97.0 Å². The number of carbonyl (C=O) groups is 3. The van der Waals surface area contributed by atoms with Crippen molar-refractivity contribution in [3.05, 3.63) is 59.2 Å². The van der Waals surface area contributed by atoms with Crippen LogP contribution in [-0.4, -0.2) is 48.1 Å². The molecular weight excluding hydrogens is 458 g/mol. The number of methoxy groups -OCH3 is 1. The Morgan fingerprint density at radius 1 is 1.03 bits per heavy atom. The fourth-order valence-electron chi connectivity index (χ4n) is 4.03. The summed E-state index contributed by atoms with van der Waals surface area (Å²) in [5.41, 5.74) is 2.77. The second-order valence-electron chi connectivity index (χ2n) is 10.2. The lowest BCUT2D eigenvalue weighted by Crippen LogP contribution is -2.53. The lowest BCUT2D eigenvalue weighted by molar-refractivity contribution is -0.143. The molecule has 0 bridgehead atoms. The summed E-state index contributed by atoms with van der Waals surface area (Å²) in [5.74, 6) is 0.0257. The van der Waals surface area contributed by atoms with E-state index in [1.54, 1.807) is 57.0 Å². The lowest BCUT2D eigenvalue weighted by Gasteiger charge is -2.42. The minimum absolute atomic E-state index is 0.0915. The highest BCUT2D eigenvalue weighted by Gasteiger charge is 2.39. The second kappa shape index (κ2) is 11.5. The minimum Gasteiger partial charge on any atom is -0.497 e. The van der Waals surface area contributed by atoms with Gasteiger partial charge in [0.15, 0.2) is 0 Å². The molecule has 1 unspecified atom stereocenters. The first-order valence-electron chi connectivity index (χ1n) is 12.3. The van der Waals surface area contributed by atoms with Crippen LogP contribution in [0.25, 0.3) is 0 Å². The first-order chi connectivity index (χ1) is 17.0. The van der Waals surface area contributed by atoms with Gasteiger partial charge in [-0.05, 0) is 94.8 Å². The molecule has 1 atom stereocenters. The molecule has 194 valence electrons. The Morgan fingerprint density at radius 2 is 1.69 bits per heavy atom. The van der Waals surface area contributed by atoms with Crippen LogP contribution in [0.2, 0.25) is 0 Å². The summed E-state index contributed by atoms with van der Waals surface area (Å²) >= 11 is 0. The number of nitrogens with one attached hydrogen (secondary N) is 2. The molecule has 0 radical (unpaired) electrons. The van der Waals surface area contributed by atoms with E-state index in [1.165, 1.54) is 0 Å². The quantitative estimate of drug-likeness (QED) is 0.543. The highest BCUT2D eigenvalue weighted by atomic mass is 16.6.